The molecule has 120 valence electrons. The van der Waals surface area contributed by atoms with Crippen LogP contribution in [0.15, 0.2) is 22.7 Å². The summed E-state index contributed by atoms with van der Waals surface area (Å²) in [7, 11) is 0. The topological polar surface area (TPSA) is 41.9 Å². The summed E-state index contributed by atoms with van der Waals surface area (Å²) in [6.07, 6.45) is -0.478. The lowest BCUT2D eigenvalue weighted by Gasteiger charge is -2.25. The Kier molecular flexibility index (Phi) is 8.92. The van der Waals surface area contributed by atoms with Crippen molar-refractivity contribution < 1.29 is 14.6 Å². The molecule has 1 atom stereocenters. The molecule has 1 aromatic rings. The zero-order valence-electron chi connectivity index (χ0n) is 13.1. The first-order valence-corrected chi connectivity index (χ1v) is 8.27. The molecule has 0 aliphatic rings. The fourth-order valence-electron chi connectivity index (χ4n) is 2.06. The van der Waals surface area contributed by atoms with Crippen molar-refractivity contribution in [3.8, 4) is 0 Å². The van der Waals surface area contributed by atoms with Crippen molar-refractivity contribution in [2.24, 2.45) is 0 Å². The van der Waals surface area contributed by atoms with Crippen LogP contribution in [-0.4, -0.2) is 44.6 Å². The van der Waals surface area contributed by atoms with E-state index in [2.05, 4.69) is 20.8 Å². The monoisotopic (exact) mass is 359 g/mol. The Bertz CT molecular complexity index is 403. The molecule has 0 amide bonds. The van der Waals surface area contributed by atoms with E-state index >= 15 is 0 Å². The Morgan fingerprint density at radius 1 is 1.14 bits per heavy atom. The van der Waals surface area contributed by atoms with Crippen LogP contribution in [0.2, 0.25) is 0 Å². The molecule has 0 saturated carbocycles. The molecule has 0 fully saturated rings. The van der Waals surface area contributed by atoms with E-state index in [1.165, 1.54) is 0 Å². The van der Waals surface area contributed by atoms with Crippen LogP contribution in [0.25, 0.3) is 0 Å². The van der Waals surface area contributed by atoms with E-state index in [1.54, 1.807) is 6.92 Å². The molecule has 4 nitrogen and oxygen atoms in total. The normalized spacial score (nSPS) is 12.4. The van der Waals surface area contributed by atoms with E-state index in [1.807, 2.05) is 32.0 Å². The quantitative estimate of drug-likeness (QED) is 0.650. The summed E-state index contributed by atoms with van der Waals surface area (Å²) in [5, 5.41) is 9.70. The fraction of sp³-hybridized carbons (Fsp3) is 0.625. The number of halogens is 1. The second-order valence-corrected chi connectivity index (χ2v) is 5.62. The highest BCUT2D eigenvalue weighted by atomic mass is 79.9. The van der Waals surface area contributed by atoms with Crippen molar-refractivity contribution in [1.29, 1.82) is 0 Å². The van der Waals surface area contributed by atoms with Gasteiger partial charge in [0.2, 0.25) is 0 Å². The predicted octanol–water partition coefficient (Wildman–Crippen LogP) is 3.38. The molecule has 1 rings (SSSR count). The summed E-state index contributed by atoms with van der Waals surface area (Å²) >= 11 is 3.53. The van der Waals surface area contributed by atoms with Crippen molar-refractivity contribution in [3.63, 3.8) is 0 Å². The molecule has 0 bridgehead atoms. The molecule has 5 heteroatoms. The molecule has 1 N–H and O–H groups in total. The summed E-state index contributed by atoms with van der Waals surface area (Å²) in [5.41, 5.74) is 2.00. The van der Waals surface area contributed by atoms with Crippen LogP contribution in [0.1, 0.15) is 32.4 Å². The molecule has 0 saturated heterocycles. The summed E-state index contributed by atoms with van der Waals surface area (Å²) in [5.74, 6) is 0. The lowest BCUT2D eigenvalue weighted by molar-refractivity contribution is 0.141. The smallest absolute Gasteiger partial charge is 0.0772 e. The van der Waals surface area contributed by atoms with Crippen LogP contribution >= 0.6 is 15.9 Å². The second-order valence-electron chi connectivity index (χ2n) is 4.76. The van der Waals surface area contributed by atoms with Crippen LogP contribution in [0.3, 0.4) is 0 Å². The third kappa shape index (κ3) is 6.34. The SMILES string of the molecule is CCOCCN(CCOCC)c1ccc([C@H](C)O)c(Br)c1. The molecule has 0 unspecified atom stereocenters. The summed E-state index contributed by atoms with van der Waals surface area (Å²) in [6.45, 7) is 10.2. The third-order valence-corrected chi connectivity index (χ3v) is 3.91. The lowest BCUT2D eigenvalue weighted by Crippen LogP contribution is -2.31. The number of aliphatic hydroxyl groups is 1. The molecular formula is C16H26BrNO3. The van der Waals surface area contributed by atoms with Gasteiger partial charge in [-0.15, -0.1) is 0 Å². The number of anilines is 1. The number of rotatable bonds is 10. The van der Waals surface area contributed by atoms with Gasteiger partial charge in [-0.05, 0) is 38.5 Å². The maximum atomic E-state index is 9.70. The predicted molar refractivity (Wildman–Crippen MR) is 90.0 cm³/mol. The van der Waals surface area contributed by atoms with Crippen molar-refractivity contribution in [2.75, 3.05) is 44.4 Å². The summed E-state index contributed by atoms with van der Waals surface area (Å²) in [6, 6.07) is 6.03. The summed E-state index contributed by atoms with van der Waals surface area (Å²) in [4.78, 5) is 2.24. The van der Waals surface area contributed by atoms with Crippen LogP contribution in [-0.2, 0) is 9.47 Å². The van der Waals surface area contributed by atoms with Gasteiger partial charge in [-0.3, -0.25) is 0 Å². The van der Waals surface area contributed by atoms with Gasteiger partial charge in [0.25, 0.3) is 0 Å². The average molecular weight is 360 g/mol. The first-order valence-electron chi connectivity index (χ1n) is 7.48. The molecule has 21 heavy (non-hydrogen) atoms. The minimum absolute atomic E-state index is 0.478. The third-order valence-electron chi connectivity index (χ3n) is 3.22. The number of hydrogen-bond acceptors (Lipinski definition) is 4. The Labute approximate surface area is 136 Å². The van der Waals surface area contributed by atoms with Crippen molar-refractivity contribution in [3.05, 3.63) is 28.2 Å². The van der Waals surface area contributed by atoms with Crippen LogP contribution in [0.4, 0.5) is 5.69 Å². The van der Waals surface area contributed by atoms with E-state index in [9.17, 15) is 5.11 Å². The number of nitrogens with zero attached hydrogens (tertiary/aromatic N) is 1. The van der Waals surface area contributed by atoms with Gasteiger partial charge in [0.15, 0.2) is 0 Å². The molecule has 0 aliphatic heterocycles. The minimum Gasteiger partial charge on any atom is -0.389 e. The minimum atomic E-state index is -0.478. The van der Waals surface area contributed by atoms with E-state index < -0.39 is 6.10 Å². The Morgan fingerprint density at radius 3 is 2.14 bits per heavy atom. The standard InChI is InChI=1S/C16H26BrNO3/c1-4-20-10-8-18(9-11-21-5-2)14-6-7-15(13(3)19)16(17)12-14/h6-7,12-13,19H,4-5,8-11H2,1-3H3/t13-/m0/s1. The first-order chi connectivity index (χ1) is 10.1. The second kappa shape index (κ2) is 10.2. The molecule has 0 spiro atoms. The first kappa shape index (κ1) is 18.4. The van der Waals surface area contributed by atoms with Gasteiger partial charge >= 0.3 is 0 Å². The van der Waals surface area contributed by atoms with Crippen LogP contribution in [0, 0.1) is 0 Å². The van der Waals surface area contributed by atoms with Crippen molar-refractivity contribution in [1.82, 2.24) is 0 Å². The van der Waals surface area contributed by atoms with Gasteiger partial charge in [-0.2, -0.15) is 0 Å². The van der Waals surface area contributed by atoms with Gasteiger partial charge in [0.1, 0.15) is 0 Å². The highest BCUT2D eigenvalue weighted by molar-refractivity contribution is 9.10. The zero-order valence-corrected chi connectivity index (χ0v) is 14.7. The highest BCUT2D eigenvalue weighted by Crippen LogP contribution is 2.28. The van der Waals surface area contributed by atoms with E-state index in [0.717, 1.165) is 42.0 Å². The maximum absolute atomic E-state index is 9.70. The van der Waals surface area contributed by atoms with Gasteiger partial charge in [-0.1, -0.05) is 22.0 Å². The molecular weight excluding hydrogens is 334 g/mol. The van der Waals surface area contributed by atoms with Gasteiger partial charge in [-0.25, -0.2) is 0 Å². The fourth-order valence-corrected chi connectivity index (χ4v) is 2.76. The van der Waals surface area contributed by atoms with Crippen molar-refractivity contribution >= 4 is 21.6 Å². The maximum Gasteiger partial charge on any atom is 0.0772 e. The lowest BCUT2D eigenvalue weighted by atomic mass is 10.1. The number of benzene rings is 1. The number of ether oxygens (including phenoxy) is 2. The number of aliphatic hydroxyl groups excluding tert-OH is 1. The Morgan fingerprint density at radius 2 is 1.71 bits per heavy atom. The Hall–Kier alpha value is -0.620. The molecule has 0 radical (unpaired) electrons. The highest BCUT2D eigenvalue weighted by Gasteiger charge is 2.11. The largest absolute Gasteiger partial charge is 0.389 e. The van der Waals surface area contributed by atoms with Gasteiger partial charge in [0, 0.05) is 36.5 Å². The van der Waals surface area contributed by atoms with E-state index in [-0.39, 0.29) is 0 Å². The molecule has 0 aliphatic carbocycles. The van der Waals surface area contributed by atoms with Gasteiger partial charge in [0.05, 0.1) is 19.3 Å². The zero-order chi connectivity index (χ0) is 15.7. The van der Waals surface area contributed by atoms with Crippen LogP contribution in [0.5, 0.6) is 0 Å². The van der Waals surface area contributed by atoms with Crippen LogP contribution < -0.4 is 4.90 Å². The number of hydrogen-bond donors (Lipinski definition) is 1. The Balaban J connectivity index is 2.77. The molecule has 0 aromatic heterocycles. The molecule has 0 heterocycles. The van der Waals surface area contributed by atoms with Gasteiger partial charge < -0.3 is 19.5 Å². The van der Waals surface area contributed by atoms with E-state index in [4.69, 9.17) is 9.47 Å². The van der Waals surface area contributed by atoms with E-state index in [0.29, 0.717) is 13.2 Å². The summed E-state index contributed by atoms with van der Waals surface area (Å²) < 4.78 is 11.8. The molecule has 1 aromatic carbocycles. The average Bonchev–Trinajstić information content (AvgIpc) is 2.45. The van der Waals surface area contributed by atoms with Crippen molar-refractivity contribution in [2.45, 2.75) is 26.9 Å².